The molecule has 7 nitrogen and oxygen atoms in total. The number of hydrogen-bond donors (Lipinski definition) is 2. The van der Waals surface area contributed by atoms with Crippen LogP contribution < -0.4 is 4.74 Å². The summed E-state index contributed by atoms with van der Waals surface area (Å²) in [6, 6.07) is 1.82. The fraction of sp³-hybridized carbons (Fsp3) is 0.278. The first-order valence-corrected chi connectivity index (χ1v) is 9.05. The van der Waals surface area contributed by atoms with Crippen molar-refractivity contribution in [3.05, 3.63) is 39.9 Å². The van der Waals surface area contributed by atoms with Gasteiger partial charge in [0.15, 0.2) is 5.15 Å². The highest BCUT2D eigenvalue weighted by molar-refractivity contribution is 6.44. The van der Waals surface area contributed by atoms with E-state index in [9.17, 15) is 9.90 Å². The molecule has 3 aromatic rings. The van der Waals surface area contributed by atoms with Gasteiger partial charge in [-0.15, -0.1) is 0 Å². The number of H-pyrrole nitrogens is 1. The van der Waals surface area contributed by atoms with Crippen molar-refractivity contribution in [1.82, 2.24) is 19.9 Å². The van der Waals surface area contributed by atoms with E-state index in [1.54, 1.807) is 24.4 Å². The van der Waals surface area contributed by atoms with Gasteiger partial charge in [-0.1, -0.05) is 23.2 Å². The van der Waals surface area contributed by atoms with E-state index in [0.29, 0.717) is 41.5 Å². The normalized spacial score (nSPS) is 13.7. The second-order valence-corrected chi connectivity index (χ2v) is 6.97. The van der Waals surface area contributed by atoms with Crippen molar-refractivity contribution in [3.8, 4) is 17.0 Å². The van der Waals surface area contributed by atoms with Gasteiger partial charge in [-0.3, -0.25) is 9.78 Å². The molecule has 27 heavy (non-hydrogen) atoms. The van der Waals surface area contributed by atoms with E-state index >= 15 is 0 Å². The van der Waals surface area contributed by atoms with Crippen molar-refractivity contribution in [2.45, 2.75) is 13.0 Å². The molecule has 0 bridgehead atoms. The Bertz CT molecular complexity index is 1050. The van der Waals surface area contributed by atoms with Gasteiger partial charge in [0, 0.05) is 47.9 Å². The molecule has 0 saturated carbocycles. The largest absolute Gasteiger partial charge is 0.495 e. The van der Waals surface area contributed by atoms with Crippen LogP contribution in [-0.2, 0) is 17.8 Å². The van der Waals surface area contributed by atoms with Crippen molar-refractivity contribution in [3.63, 3.8) is 0 Å². The Kier molecular flexibility index (Phi) is 4.67. The number of fused-ring (bicyclic) bond motifs is 3. The number of ether oxygens (including phenoxy) is 1. The lowest BCUT2D eigenvalue weighted by Gasteiger charge is -2.26. The average Bonchev–Trinajstić information content (AvgIpc) is 3.09. The summed E-state index contributed by atoms with van der Waals surface area (Å²) in [6.45, 7) is 0.363. The van der Waals surface area contributed by atoms with Crippen LogP contribution in [-0.4, -0.2) is 51.1 Å². The van der Waals surface area contributed by atoms with Crippen LogP contribution in [0, 0.1) is 0 Å². The summed E-state index contributed by atoms with van der Waals surface area (Å²) >= 11 is 12.7. The van der Waals surface area contributed by atoms with Crippen LogP contribution in [0.5, 0.6) is 5.75 Å². The molecular weight excluding hydrogens is 391 g/mol. The number of aliphatic hydroxyl groups excluding tert-OH is 1. The second-order valence-electron chi connectivity index (χ2n) is 6.23. The Balaban J connectivity index is 1.96. The van der Waals surface area contributed by atoms with Crippen LogP contribution in [0.25, 0.3) is 22.2 Å². The van der Waals surface area contributed by atoms with Gasteiger partial charge in [0.05, 0.1) is 24.5 Å². The van der Waals surface area contributed by atoms with Crippen LogP contribution in [0.3, 0.4) is 0 Å². The number of nitrogens with one attached hydrogen (secondary N) is 1. The average molecular weight is 407 g/mol. The van der Waals surface area contributed by atoms with Crippen LogP contribution in [0.4, 0.5) is 0 Å². The molecule has 1 aliphatic heterocycles. The highest BCUT2D eigenvalue weighted by Crippen LogP contribution is 2.40. The Hall–Kier alpha value is -2.35. The van der Waals surface area contributed by atoms with Gasteiger partial charge in [0.25, 0.3) is 0 Å². The quantitative estimate of drug-likeness (QED) is 0.652. The molecule has 9 heteroatoms. The van der Waals surface area contributed by atoms with Gasteiger partial charge in [0.2, 0.25) is 5.91 Å². The highest BCUT2D eigenvalue weighted by Gasteiger charge is 2.27. The lowest BCUT2D eigenvalue weighted by Crippen LogP contribution is -2.37. The number of pyridine rings is 2. The SMILES string of the molecule is COc1cncc(-c2nc(Cl)c(Cl)c3[nH]c4c(c23)CN(C(=O)CO)CC4)c1. The van der Waals surface area contributed by atoms with E-state index in [2.05, 4.69) is 15.0 Å². The number of hydrogen-bond acceptors (Lipinski definition) is 5. The minimum absolute atomic E-state index is 0.184. The number of halogens is 2. The smallest absolute Gasteiger partial charge is 0.248 e. The molecule has 0 fully saturated rings. The molecule has 1 aliphatic rings. The van der Waals surface area contributed by atoms with E-state index in [0.717, 1.165) is 22.2 Å². The monoisotopic (exact) mass is 406 g/mol. The molecule has 140 valence electrons. The fourth-order valence-corrected chi connectivity index (χ4v) is 3.77. The van der Waals surface area contributed by atoms with E-state index in [1.807, 2.05) is 6.07 Å². The van der Waals surface area contributed by atoms with Crippen LogP contribution in [0.2, 0.25) is 10.2 Å². The zero-order valence-corrected chi connectivity index (χ0v) is 15.9. The van der Waals surface area contributed by atoms with Crippen molar-refractivity contribution >= 4 is 40.0 Å². The molecule has 0 aromatic carbocycles. The predicted molar refractivity (Wildman–Crippen MR) is 102 cm³/mol. The van der Waals surface area contributed by atoms with Crippen molar-refractivity contribution in [2.24, 2.45) is 0 Å². The van der Waals surface area contributed by atoms with Gasteiger partial charge in [0.1, 0.15) is 17.4 Å². The number of carbonyl (C=O) groups is 1. The molecular formula is C18H16Cl2N4O3. The van der Waals surface area contributed by atoms with Gasteiger partial charge in [-0.25, -0.2) is 4.98 Å². The standard InChI is InChI=1S/C18H16Cl2N4O3/c1-27-10-4-9(5-21-6-10)16-14-11-7-24(13(26)8-25)3-2-12(11)22-17(14)15(19)18(20)23-16/h4-6,22,25H,2-3,7-8H2,1H3. The maximum absolute atomic E-state index is 12.0. The first-order chi connectivity index (χ1) is 13.0. The first-order valence-electron chi connectivity index (χ1n) is 8.30. The topological polar surface area (TPSA) is 91.3 Å². The number of rotatable bonds is 3. The summed E-state index contributed by atoms with van der Waals surface area (Å²) < 4.78 is 5.26. The number of aromatic nitrogens is 3. The second kappa shape index (κ2) is 6.99. The fourth-order valence-electron chi connectivity index (χ4n) is 3.41. The zero-order chi connectivity index (χ0) is 19.1. The number of nitrogens with zero attached hydrogens (tertiary/aromatic N) is 3. The number of aliphatic hydroxyl groups is 1. The van der Waals surface area contributed by atoms with E-state index in [4.69, 9.17) is 27.9 Å². The molecule has 0 unspecified atom stereocenters. The third-order valence-electron chi connectivity index (χ3n) is 4.73. The Labute approximate surface area is 164 Å². The number of carbonyl (C=O) groups excluding carboxylic acids is 1. The number of methoxy groups -OCH3 is 1. The number of amides is 1. The van der Waals surface area contributed by atoms with Crippen molar-refractivity contribution in [1.29, 1.82) is 0 Å². The Morgan fingerprint density at radius 2 is 2.22 bits per heavy atom. The van der Waals surface area contributed by atoms with Crippen LogP contribution in [0.1, 0.15) is 11.3 Å². The third kappa shape index (κ3) is 3.01. The molecule has 4 heterocycles. The third-order valence-corrected chi connectivity index (χ3v) is 5.47. The molecule has 3 aromatic heterocycles. The Morgan fingerprint density at radius 1 is 1.41 bits per heavy atom. The lowest BCUT2D eigenvalue weighted by atomic mass is 10.0. The van der Waals surface area contributed by atoms with Crippen LogP contribution >= 0.6 is 23.2 Å². The zero-order valence-electron chi connectivity index (χ0n) is 14.4. The van der Waals surface area contributed by atoms with E-state index < -0.39 is 6.61 Å². The van der Waals surface area contributed by atoms with Crippen molar-refractivity contribution < 1.29 is 14.6 Å². The van der Waals surface area contributed by atoms with Gasteiger partial charge < -0.3 is 19.7 Å². The summed E-state index contributed by atoms with van der Waals surface area (Å²) in [5, 5.41) is 10.5. The molecule has 0 aliphatic carbocycles. The van der Waals surface area contributed by atoms with Gasteiger partial charge in [-0.2, -0.15) is 0 Å². The molecule has 0 atom stereocenters. The summed E-state index contributed by atoms with van der Waals surface area (Å²) in [5.74, 6) is 0.280. The summed E-state index contributed by atoms with van der Waals surface area (Å²) in [6.07, 6.45) is 3.90. The Morgan fingerprint density at radius 3 is 2.96 bits per heavy atom. The van der Waals surface area contributed by atoms with Gasteiger partial charge >= 0.3 is 0 Å². The maximum Gasteiger partial charge on any atom is 0.248 e. The van der Waals surface area contributed by atoms with Crippen molar-refractivity contribution in [2.75, 3.05) is 20.3 Å². The van der Waals surface area contributed by atoms with E-state index in [-0.39, 0.29) is 11.1 Å². The molecule has 0 radical (unpaired) electrons. The maximum atomic E-state index is 12.0. The first kappa shape index (κ1) is 18.0. The molecule has 1 amide bonds. The molecule has 0 spiro atoms. The lowest BCUT2D eigenvalue weighted by molar-refractivity contribution is -0.135. The van der Waals surface area contributed by atoms with Gasteiger partial charge in [-0.05, 0) is 6.07 Å². The predicted octanol–water partition coefficient (Wildman–Crippen LogP) is 2.82. The molecule has 4 rings (SSSR count). The molecule has 0 saturated heterocycles. The summed E-state index contributed by atoms with van der Waals surface area (Å²) in [7, 11) is 1.56. The van der Waals surface area contributed by atoms with Crippen LogP contribution in [0.15, 0.2) is 18.5 Å². The minimum Gasteiger partial charge on any atom is -0.495 e. The number of aromatic amines is 1. The minimum atomic E-state index is -0.519. The highest BCUT2D eigenvalue weighted by atomic mass is 35.5. The summed E-state index contributed by atoms with van der Waals surface area (Å²) in [5.41, 5.74) is 3.92. The summed E-state index contributed by atoms with van der Waals surface area (Å²) in [4.78, 5) is 25.6. The van der Waals surface area contributed by atoms with E-state index in [1.165, 1.54) is 0 Å². The molecule has 2 N–H and O–H groups in total.